The molecule has 0 bridgehead atoms. The van der Waals surface area contributed by atoms with Crippen molar-refractivity contribution in [1.82, 2.24) is 5.32 Å². The number of nitrogens with one attached hydrogen (secondary N) is 1. The highest BCUT2D eigenvalue weighted by Gasteiger charge is 2.22. The summed E-state index contributed by atoms with van der Waals surface area (Å²) in [5.41, 5.74) is 1.62. The Morgan fingerprint density at radius 3 is 1.89 bits per heavy atom. The van der Waals surface area contributed by atoms with Gasteiger partial charge in [0.2, 0.25) is 0 Å². The lowest BCUT2D eigenvalue weighted by Gasteiger charge is -2.14. The SMILES string of the molecule is O=C(CC[C@@H](NC(=O)OCc1ccccc1)C(=O)O)OCc1ccccc1. The predicted molar refractivity (Wildman–Crippen MR) is 96.7 cm³/mol. The second-order valence-electron chi connectivity index (χ2n) is 5.78. The third-order valence-electron chi connectivity index (χ3n) is 3.68. The molecule has 0 radical (unpaired) electrons. The van der Waals surface area contributed by atoms with E-state index in [4.69, 9.17) is 9.47 Å². The standard InChI is InChI=1S/C20H21NO6/c22-18(26-13-15-7-3-1-4-8-15)12-11-17(19(23)24)21-20(25)27-14-16-9-5-2-6-10-16/h1-10,17H,11-14H2,(H,21,25)(H,23,24)/t17-/m1/s1. The molecule has 1 amide bonds. The average molecular weight is 371 g/mol. The van der Waals surface area contributed by atoms with Crippen LogP contribution in [0.4, 0.5) is 4.79 Å². The molecule has 0 spiro atoms. The zero-order valence-corrected chi connectivity index (χ0v) is 14.7. The number of benzene rings is 2. The smallest absolute Gasteiger partial charge is 0.408 e. The summed E-state index contributed by atoms with van der Waals surface area (Å²) in [6.45, 7) is 0.141. The first-order chi connectivity index (χ1) is 13.0. The quantitative estimate of drug-likeness (QED) is 0.657. The molecule has 0 aromatic heterocycles. The van der Waals surface area contributed by atoms with Gasteiger partial charge >= 0.3 is 18.0 Å². The first kappa shape index (κ1) is 20.0. The first-order valence-corrected chi connectivity index (χ1v) is 8.44. The average Bonchev–Trinajstić information content (AvgIpc) is 2.69. The van der Waals surface area contributed by atoms with E-state index in [0.29, 0.717) is 0 Å². The van der Waals surface area contributed by atoms with Crippen LogP contribution in [0.5, 0.6) is 0 Å². The number of rotatable bonds is 9. The highest BCUT2D eigenvalue weighted by atomic mass is 16.5. The highest BCUT2D eigenvalue weighted by molar-refractivity contribution is 5.80. The van der Waals surface area contributed by atoms with Crippen molar-refractivity contribution in [3.05, 3.63) is 71.8 Å². The zero-order valence-electron chi connectivity index (χ0n) is 14.7. The van der Waals surface area contributed by atoms with Gasteiger partial charge < -0.3 is 19.9 Å². The second kappa shape index (κ2) is 10.6. The molecular formula is C20H21NO6. The van der Waals surface area contributed by atoms with Crippen LogP contribution in [-0.2, 0) is 32.3 Å². The molecule has 0 saturated carbocycles. The summed E-state index contributed by atoms with van der Waals surface area (Å²) in [4.78, 5) is 34.8. The fourth-order valence-electron chi connectivity index (χ4n) is 2.24. The number of ether oxygens (including phenoxy) is 2. The maximum atomic E-state index is 11.8. The fraction of sp³-hybridized carbons (Fsp3) is 0.250. The first-order valence-electron chi connectivity index (χ1n) is 8.44. The third-order valence-corrected chi connectivity index (χ3v) is 3.68. The lowest BCUT2D eigenvalue weighted by atomic mass is 10.1. The maximum Gasteiger partial charge on any atom is 0.408 e. The number of carbonyl (C=O) groups is 3. The van der Waals surface area contributed by atoms with E-state index in [9.17, 15) is 19.5 Å². The molecule has 0 heterocycles. The normalized spacial score (nSPS) is 11.3. The summed E-state index contributed by atoms with van der Waals surface area (Å²) in [6.07, 6.45) is -1.09. The number of amides is 1. The van der Waals surface area contributed by atoms with E-state index in [2.05, 4.69) is 5.32 Å². The molecule has 7 nitrogen and oxygen atoms in total. The molecule has 2 N–H and O–H groups in total. The van der Waals surface area contributed by atoms with Crippen molar-refractivity contribution in [3.8, 4) is 0 Å². The summed E-state index contributed by atoms with van der Waals surface area (Å²) in [7, 11) is 0. The lowest BCUT2D eigenvalue weighted by Crippen LogP contribution is -2.41. The third kappa shape index (κ3) is 7.60. The number of carboxylic acids is 1. The van der Waals surface area contributed by atoms with Crippen molar-refractivity contribution >= 4 is 18.0 Å². The van der Waals surface area contributed by atoms with Crippen LogP contribution in [0.3, 0.4) is 0 Å². The van der Waals surface area contributed by atoms with Gasteiger partial charge in [-0.25, -0.2) is 9.59 Å². The Labute approximate surface area is 156 Å². The summed E-state index contributed by atoms with van der Waals surface area (Å²) in [5, 5.41) is 11.5. The van der Waals surface area contributed by atoms with E-state index < -0.39 is 24.1 Å². The molecular weight excluding hydrogens is 350 g/mol. The van der Waals surface area contributed by atoms with Gasteiger partial charge in [0, 0.05) is 6.42 Å². The Balaban J connectivity index is 1.73. The molecule has 142 valence electrons. The molecule has 0 aliphatic carbocycles. The van der Waals surface area contributed by atoms with Gasteiger partial charge in [-0.05, 0) is 17.5 Å². The van der Waals surface area contributed by atoms with E-state index in [-0.39, 0.29) is 26.1 Å². The van der Waals surface area contributed by atoms with E-state index in [1.165, 1.54) is 0 Å². The van der Waals surface area contributed by atoms with Gasteiger partial charge in [0.15, 0.2) is 0 Å². The lowest BCUT2D eigenvalue weighted by molar-refractivity contribution is -0.145. The molecule has 7 heteroatoms. The minimum absolute atomic E-state index is 0.0259. The van der Waals surface area contributed by atoms with Crippen LogP contribution in [0.1, 0.15) is 24.0 Å². The van der Waals surface area contributed by atoms with Crippen molar-refractivity contribution in [2.24, 2.45) is 0 Å². The van der Waals surface area contributed by atoms with Crippen molar-refractivity contribution in [1.29, 1.82) is 0 Å². The Morgan fingerprint density at radius 2 is 1.37 bits per heavy atom. The highest BCUT2D eigenvalue weighted by Crippen LogP contribution is 2.06. The summed E-state index contributed by atoms with van der Waals surface area (Å²) in [6, 6.07) is 16.9. The Morgan fingerprint density at radius 1 is 0.852 bits per heavy atom. The Hall–Kier alpha value is -3.35. The van der Waals surface area contributed by atoms with Crippen LogP contribution >= 0.6 is 0 Å². The molecule has 2 aromatic carbocycles. The van der Waals surface area contributed by atoms with E-state index in [1.807, 2.05) is 36.4 Å². The van der Waals surface area contributed by atoms with Gasteiger partial charge in [0.05, 0.1) is 0 Å². The van der Waals surface area contributed by atoms with Crippen molar-refractivity contribution < 1.29 is 29.0 Å². The van der Waals surface area contributed by atoms with Gasteiger partial charge in [-0.2, -0.15) is 0 Å². The molecule has 0 aliphatic heterocycles. The fourth-order valence-corrected chi connectivity index (χ4v) is 2.24. The predicted octanol–water partition coefficient (Wildman–Crippen LogP) is 2.89. The van der Waals surface area contributed by atoms with Gasteiger partial charge in [-0.3, -0.25) is 4.79 Å². The van der Waals surface area contributed by atoms with Crippen LogP contribution in [0.25, 0.3) is 0 Å². The topological polar surface area (TPSA) is 102 Å². The molecule has 0 unspecified atom stereocenters. The molecule has 2 aromatic rings. The molecule has 1 atom stereocenters. The van der Waals surface area contributed by atoms with Crippen LogP contribution in [0.15, 0.2) is 60.7 Å². The number of carboxylic acid groups (broad SMARTS) is 1. The number of aliphatic carboxylic acids is 1. The van der Waals surface area contributed by atoms with Crippen molar-refractivity contribution in [2.45, 2.75) is 32.1 Å². The molecule has 0 fully saturated rings. The van der Waals surface area contributed by atoms with E-state index in [0.717, 1.165) is 11.1 Å². The molecule has 0 saturated heterocycles. The maximum absolute atomic E-state index is 11.8. The summed E-state index contributed by atoms with van der Waals surface area (Å²) >= 11 is 0. The van der Waals surface area contributed by atoms with Gasteiger partial charge in [0.1, 0.15) is 19.3 Å². The van der Waals surface area contributed by atoms with Crippen LogP contribution in [0.2, 0.25) is 0 Å². The molecule has 0 aliphatic rings. The monoisotopic (exact) mass is 371 g/mol. The van der Waals surface area contributed by atoms with Gasteiger partial charge in [-0.1, -0.05) is 60.7 Å². The minimum Gasteiger partial charge on any atom is -0.480 e. The Kier molecular flexibility index (Phi) is 7.84. The van der Waals surface area contributed by atoms with Crippen LogP contribution < -0.4 is 5.32 Å². The van der Waals surface area contributed by atoms with Crippen molar-refractivity contribution in [3.63, 3.8) is 0 Å². The minimum atomic E-state index is -1.25. The van der Waals surface area contributed by atoms with Crippen molar-refractivity contribution in [2.75, 3.05) is 0 Å². The van der Waals surface area contributed by atoms with Gasteiger partial charge in [-0.15, -0.1) is 0 Å². The zero-order chi connectivity index (χ0) is 19.5. The number of esters is 1. The molecule has 2 rings (SSSR count). The Bertz CT molecular complexity index is 748. The second-order valence-corrected chi connectivity index (χ2v) is 5.78. The number of hydrogen-bond donors (Lipinski definition) is 2. The summed E-state index contributed by atoms with van der Waals surface area (Å²) in [5.74, 6) is -1.79. The largest absolute Gasteiger partial charge is 0.480 e. The van der Waals surface area contributed by atoms with E-state index in [1.54, 1.807) is 24.3 Å². The number of carbonyl (C=O) groups excluding carboxylic acids is 2. The number of alkyl carbamates (subject to hydrolysis) is 1. The van der Waals surface area contributed by atoms with Crippen LogP contribution in [0, 0.1) is 0 Å². The van der Waals surface area contributed by atoms with E-state index >= 15 is 0 Å². The summed E-state index contributed by atoms with van der Waals surface area (Å²) < 4.78 is 10.1. The number of hydrogen-bond acceptors (Lipinski definition) is 5. The molecule has 27 heavy (non-hydrogen) atoms. The van der Waals surface area contributed by atoms with Crippen LogP contribution in [-0.4, -0.2) is 29.2 Å². The van der Waals surface area contributed by atoms with Gasteiger partial charge in [0.25, 0.3) is 0 Å².